The molecule has 0 radical (unpaired) electrons. The topological polar surface area (TPSA) is 46.5 Å². The maximum atomic E-state index is 12.4. The molecule has 2 aliphatic rings. The van der Waals surface area contributed by atoms with Crippen LogP contribution in [0.15, 0.2) is 24.3 Å². The minimum absolute atomic E-state index is 0.0101. The van der Waals surface area contributed by atoms with Crippen molar-refractivity contribution in [2.45, 2.75) is 64.4 Å². The van der Waals surface area contributed by atoms with Gasteiger partial charge in [0, 0.05) is 11.5 Å². The average molecular weight is 314 g/mol. The van der Waals surface area contributed by atoms with Crippen molar-refractivity contribution in [3.05, 3.63) is 35.4 Å². The Morgan fingerprint density at radius 3 is 2.83 bits per heavy atom. The summed E-state index contributed by atoms with van der Waals surface area (Å²) in [6.45, 7) is 6.14. The van der Waals surface area contributed by atoms with Gasteiger partial charge in [-0.3, -0.25) is 4.79 Å². The Labute approximate surface area is 138 Å². The van der Waals surface area contributed by atoms with Gasteiger partial charge in [-0.05, 0) is 56.9 Å². The molecule has 1 aromatic rings. The Morgan fingerprint density at radius 2 is 2.09 bits per heavy atom. The highest BCUT2D eigenvalue weighted by Gasteiger charge is 2.48. The number of ketones is 1. The number of hydrogen-bond donors (Lipinski definition) is 1. The van der Waals surface area contributed by atoms with Gasteiger partial charge in [-0.15, -0.1) is 0 Å². The first kappa shape index (κ1) is 16.1. The number of benzene rings is 1. The summed E-state index contributed by atoms with van der Waals surface area (Å²) in [4.78, 5) is 12.4. The van der Waals surface area contributed by atoms with Crippen molar-refractivity contribution in [3.8, 4) is 11.5 Å². The van der Waals surface area contributed by atoms with Crippen LogP contribution >= 0.6 is 0 Å². The van der Waals surface area contributed by atoms with E-state index in [-0.39, 0.29) is 23.4 Å². The number of phenols is 1. The van der Waals surface area contributed by atoms with Gasteiger partial charge in [0.1, 0.15) is 17.1 Å². The first-order valence-corrected chi connectivity index (χ1v) is 8.69. The van der Waals surface area contributed by atoms with Crippen LogP contribution in [0.3, 0.4) is 0 Å². The number of allylic oxidation sites excluding steroid dienone is 2. The smallest absolute Gasteiger partial charge is 0.163 e. The van der Waals surface area contributed by atoms with Gasteiger partial charge < -0.3 is 9.84 Å². The van der Waals surface area contributed by atoms with E-state index >= 15 is 0 Å². The number of carbonyl (C=O) groups excluding carboxylic acids is 1. The third-order valence-electron chi connectivity index (χ3n) is 5.12. The van der Waals surface area contributed by atoms with Crippen molar-refractivity contribution in [2.75, 3.05) is 0 Å². The zero-order valence-electron chi connectivity index (χ0n) is 14.3. The van der Waals surface area contributed by atoms with E-state index in [0.717, 1.165) is 36.1 Å². The van der Waals surface area contributed by atoms with E-state index in [1.807, 2.05) is 26.0 Å². The first-order valence-electron chi connectivity index (χ1n) is 8.69. The van der Waals surface area contributed by atoms with Crippen LogP contribution in [-0.2, 0) is 11.2 Å². The van der Waals surface area contributed by atoms with Gasteiger partial charge in [-0.2, -0.15) is 0 Å². The largest absolute Gasteiger partial charge is 0.508 e. The highest BCUT2D eigenvalue weighted by Crippen LogP contribution is 2.52. The molecule has 0 spiro atoms. The van der Waals surface area contributed by atoms with Crippen LogP contribution in [0.4, 0.5) is 0 Å². The monoisotopic (exact) mass is 314 g/mol. The molecule has 23 heavy (non-hydrogen) atoms. The quantitative estimate of drug-likeness (QED) is 0.831. The van der Waals surface area contributed by atoms with Crippen LogP contribution in [0.2, 0.25) is 0 Å². The number of aromatic hydroxyl groups is 1. The van der Waals surface area contributed by atoms with Crippen LogP contribution in [0.1, 0.15) is 63.5 Å². The molecule has 3 nitrogen and oxygen atoms in total. The van der Waals surface area contributed by atoms with Gasteiger partial charge >= 0.3 is 0 Å². The molecule has 1 heterocycles. The predicted octanol–water partition coefficient (Wildman–Crippen LogP) is 4.52. The molecule has 2 atom stereocenters. The second kappa shape index (κ2) is 6.03. The van der Waals surface area contributed by atoms with E-state index in [4.69, 9.17) is 4.74 Å². The summed E-state index contributed by atoms with van der Waals surface area (Å²) in [6.07, 6.45) is 8.79. The number of carbonyl (C=O) groups is 1. The normalized spacial score (nSPS) is 24.7. The molecule has 3 heteroatoms. The lowest BCUT2D eigenvalue weighted by Gasteiger charge is -2.45. The molecule has 0 saturated heterocycles. The molecular formula is C20H26O3. The molecule has 1 aliphatic heterocycles. The molecule has 1 N–H and O–H groups in total. The summed E-state index contributed by atoms with van der Waals surface area (Å²) >= 11 is 0. The van der Waals surface area contributed by atoms with Gasteiger partial charge in [-0.25, -0.2) is 0 Å². The molecule has 0 saturated carbocycles. The zero-order valence-corrected chi connectivity index (χ0v) is 14.3. The Hall–Kier alpha value is -1.77. The highest BCUT2D eigenvalue weighted by atomic mass is 16.5. The lowest BCUT2D eigenvalue weighted by molar-refractivity contribution is -0.127. The molecule has 3 rings (SSSR count). The van der Waals surface area contributed by atoms with E-state index in [0.29, 0.717) is 0 Å². The summed E-state index contributed by atoms with van der Waals surface area (Å²) in [6, 6.07) is 3.92. The van der Waals surface area contributed by atoms with Crippen molar-refractivity contribution in [1.29, 1.82) is 0 Å². The summed E-state index contributed by atoms with van der Waals surface area (Å²) in [7, 11) is 0. The fourth-order valence-corrected chi connectivity index (χ4v) is 4.08. The fourth-order valence-electron chi connectivity index (χ4n) is 4.08. The Bertz CT molecular complexity index is 643. The molecule has 1 aliphatic carbocycles. The van der Waals surface area contributed by atoms with Crippen molar-refractivity contribution in [2.24, 2.45) is 5.92 Å². The number of aryl methyl sites for hydroxylation is 1. The second-order valence-electron chi connectivity index (χ2n) is 7.31. The number of hydrogen-bond acceptors (Lipinski definition) is 3. The fraction of sp³-hybridized carbons (Fsp3) is 0.550. The molecule has 0 unspecified atom stereocenters. The molecular weight excluding hydrogens is 288 g/mol. The van der Waals surface area contributed by atoms with Crippen molar-refractivity contribution in [1.82, 2.24) is 0 Å². The van der Waals surface area contributed by atoms with Gasteiger partial charge in [0.15, 0.2) is 5.78 Å². The van der Waals surface area contributed by atoms with E-state index < -0.39 is 5.60 Å². The number of fused-ring (bicyclic) bond motifs is 3. The molecule has 1 aromatic carbocycles. The molecule has 0 amide bonds. The van der Waals surface area contributed by atoms with Crippen LogP contribution in [-0.4, -0.2) is 16.5 Å². The minimum Gasteiger partial charge on any atom is -0.508 e. The van der Waals surface area contributed by atoms with Crippen molar-refractivity contribution in [3.63, 3.8) is 0 Å². The number of phenolic OH excluding ortho intramolecular Hbond substituents is 1. The van der Waals surface area contributed by atoms with Crippen LogP contribution in [0, 0.1) is 5.92 Å². The summed E-state index contributed by atoms with van der Waals surface area (Å²) in [5, 5.41) is 10.6. The van der Waals surface area contributed by atoms with E-state index in [1.54, 1.807) is 6.08 Å². The molecule has 124 valence electrons. The van der Waals surface area contributed by atoms with Crippen LogP contribution in [0.25, 0.3) is 0 Å². The van der Waals surface area contributed by atoms with Crippen LogP contribution < -0.4 is 4.74 Å². The number of unbranched alkanes of at least 4 members (excludes halogenated alkanes) is 2. The van der Waals surface area contributed by atoms with Crippen molar-refractivity contribution < 1.29 is 14.6 Å². The Kier molecular flexibility index (Phi) is 4.22. The van der Waals surface area contributed by atoms with E-state index in [2.05, 4.69) is 13.0 Å². The summed E-state index contributed by atoms with van der Waals surface area (Å²) in [5.41, 5.74) is 1.38. The third-order valence-corrected chi connectivity index (χ3v) is 5.12. The second-order valence-corrected chi connectivity index (χ2v) is 7.31. The Morgan fingerprint density at radius 1 is 1.30 bits per heavy atom. The maximum absolute atomic E-state index is 12.4. The zero-order chi connectivity index (χ0) is 16.6. The highest BCUT2D eigenvalue weighted by molar-refractivity contribution is 5.94. The average Bonchev–Trinajstić information content (AvgIpc) is 2.46. The standard InChI is InChI=1S/C20H26O3/c1-4-5-6-8-13-11-16(22)18-14-9-7-10-15(21)19(14)20(2,3)23-17(18)12-13/h7,10-12,14,19,22H,4-6,8-9H2,1-3H3/t14-,19-/m0/s1. The van der Waals surface area contributed by atoms with Crippen molar-refractivity contribution >= 4 is 5.78 Å². The lowest BCUT2D eigenvalue weighted by atomic mass is 9.68. The van der Waals surface area contributed by atoms with Gasteiger partial charge in [0.2, 0.25) is 0 Å². The number of rotatable bonds is 4. The first-order chi connectivity index (χ1) is 10.9. The summed E-state index contributed by atoms with van der Waals surface area (Å²) < 4.78 is 6.17. The Balaban J connectivity index is 1.99. The van der Waals surface area contributed by atoms with E-state index in [9.17, 15) is 9.90 Å². The maximum Gasteiger partial charge on any atom is 0.163 e. The predicted molar refractivity (Wildman–Crippen MR) is 91.0 cm³/mol. The molecule has 0 aromatic heterocycles. The third kappa shape index (κ3) is 2.89. The number of ether oxygens (including phenoxy) is 1. The van der Waals surface area contributed by atoms with Crippen LogP contribution in [0.5, 0.6) is 11.5 Å². The van der Waals surface area contributed by atoms with Gasteiger partial charge in [0.25, 0.3) is 0 Å². The van der Waals surface area contributed by atoms with Gasteiger partial charge in [0.05, 0.1) is 5.92 Å². The minimum atomic E-state index is -0.548. The lowest BCUT2D eigenvalue weighted by Crippen LogP contribution is -2.49. The van der Waals surface area contributed by atoms with Gasteiger partial charge in [-0.1, -0.05) is 25.8 Å². The SMILES string of the molecule is CCCCCc1cc(O)c2c(c1)OC(C)(C)[C@@H]1C(=O)C=CC[C@@H]21. The summed E-state index contributed by atoms with van der Waals surface area (Å²) in [5.74, 6) is 0.921. The molecule has 0 bridgehead atoms. The molecule has 0 fully saturated rings. The van der Waals surface area contributed by atoms with E-state index in [1.165, 1.54) is 12.8 Å².